The van der Waals surface area contributed by atoms with Crippen LogP contribution in [-0.2, 0) is 20.9 Å². The van der Waals surface area contributed by atoms with Gasteiger partial charge in [-0.25, -0.2) is 0 Å². The smallest absolute Gasteiger partial charge is 0.264 e. The highest BCUT2D eigenvalue weighted by atomic mass is 16.5. The van der Waals surface area contributed by atoms with Crippen molar-refractivity contribution in [1.29, 1.82) is 0 Å². The molecule has 0 spiro atoms. The third-order valence-electron chi connectivity index (χ3n) is 8.28. The number of para-hydroxylation sites is 2. The van der Waals surface area contributed by atoms with Gasteiger partial charge in [-0.2, -0.15) is 0 Å². The van der Waals surface area contributed by atoms with Crippen molar-refractivity contribution in [3.8, 4) is 5.75 Å². The summed E-state index contributed by atoms with van der Waals surface area (Å²) in [6.07, 6.45) is 2.19. The maximum absolute atomic E-state index is 13.8. The Kier molecular flexibility index (Phi) is 10.8. The number of carbonyl (C=O) groups is 3. The van der Waals surface area contributed by atoms with E-state index >= 15 is 0 Å². The van der Waals surface area contributed by atoms with E-state index in [1.807, 2.05) is 65.3 Å². The summed E-state index contributed by atoms with van der Waals surface area (Å²) in [7, 11) is 0. The highest BCUT2D eigenvalue weighted by molar-refractivity contribution is 5.96. The van der Waals surface area contributed by atoms with Gasteiger partial charge < -0.3 is 20.3 Å². The van der Waals surface area contributed by atoms with Gasteiger partial charge in [-0.05, 0) is 76.4 Å². The summed E-state index contributed by atoms with van der Waals surface area (Å²) in [4.78, 5) is 47.3. The second kappa shape index (κ2) is 14.5. The molecule has 2 aromatic rings. The van der Waals surface area contributed by atoms with Gasteiger partial charge in [0.2, 0.25) is 11.8 Å². The molecule has 4 rings (SSSR count). The number of fused-ring (bicyclic) bond motifs is 1. The van der Waals surface area contributed by atoms with E-state index in [2.05, 4.69) is 23.6 Å². The molecule has 1 saturated heterocycles. The Morgan fingerprint density at radius 3 is 2.32 bits per heavy atom. The molecule has 2 aliphatic rings. The molecule has 41 heavy (non-hydrogen) atoms. The number of likely N-dealkylation sites (tertiary alicyclic amines) is 1. The fraction of sp³-hybridized carbons (Fsp3) is 0.531. The maximum Gasteiger partial charge on any atom is 0.264 e. The molecule has 2 N–H and O–H groups in total. The van der Waals surface area contributed by atoms with Gasteiger partial charge in [0.25, 0.3) is 5.91 Å². The minimum absolute atomic E-state index is 0.0585. The molecule has 0 aliphatic carbocycles. The molecule has 1 fully saturated rings. The number of carbonyl (C=O) groups excluding carboxylic acids is 3. The Hall–Kier alpha value is -3.43. The average Bonchev–Trinajstić information content (AvgIpc) is 2.99. The fourth-order valence-corrected chi connectivity index (χ4v) is 5.81. The van der Waals surface area contributed by atoms with Crippen molar-refractivity contribution in [3.63, 3.8) is 0 Å². The van der Waals surface area contributed by atoms with Crippen LogP contribution in [0.3, 0.4) is 0 Å². The van der Waals surface area contributed by atoms with Crippen LogP contribution in [0.2, 0.25) is 0 Å². The Labute approximate surface area is 244 Å². The lowest BCUT2D eigenvalue weighted by Crippen LogP contribution is -2.47. The quantitative estimate of drug-likeness (QED) is 0.556. The molecular weight excluding hydrogens is 518 g/mol. The predicted molar refractivity (Wildman–Crippen MR) is 161 cm³/mol. The summed E-state index contributed by atoms with van der Waals surface area (Å²) in [5, 5.41) is 0. The van der Waals surface area contributed by atoms with Crippen molar-refractivity contribution < 1.29 is 19.1 Å². The largest absolute Gasteiger partial charge is 0.484 e. The van der Waals surface area contributed by atoms with Crippen LogP contribution in [0, 0.1) is 12.8 Å². The number of amides is 3. The Morgan fingerprint density at radius 1 is 0.902 bits per heavy atom. The van der Waals surface area contributed by atoms with Crippen molar-refractivity contribution >= 4 is 23.4 Å². The van der Waals surface area contributed by atoms with E-state index in [1.165, 1.54) is 0 Å². The first-order chi connectivity index (χ1) is 19.7. The first-order valence-corrected chi connectivity index (χ1v) is 14.8. The van der Waals surface area contributed by atoms with Gasteiger partial charge in [0.15, 0.2) is 6.61 Å². The van der Waals surface area contributed by atoms with Gasteiger partial charge in [0, 0.05) is 44.7 Å². The molecular formula is C32H45N5O4. The van der Waals surface area contributed by atoms with Crippen LogP contribution in [0.15, 0.2) is 48.5 Å². The zero-order chi connectivity index (χ0) is 29.4. The van der Waals surface area contributed by atoms with Crippen LogP contribution < -0.4 is 15.4 Å². The number of aryl methyl sites for hydroxylation is 1. The molecule has 0 radical (unpaired) electrons. The number of nitrogens with two attached hydrogens (primary N) is 1. The third-order valence-corrected chi connectivity index (χ3v) is 8.28. The van der Waals surface area contributed by atoms with Crippen LogP contribution in [0.25, 0.3) is 0 Å². The predicted octanol–water partition coefficient (Wildman–Crippen LogP) is 3.05. The molecule has 2 heterocycles. The summed E-state index contributed by atoms with van der Waals surface area (Å²) in [5.41, 5.74) is 8.33. The van der Waals surface area contributed by atoms with Crippen LogP contribution in [0.4, 0.5) is 5.69 Å². The molecule has 0 bridgehead atoms. The number of benzene rings is 2. The van der Waals surface area contributed by atoms with E-state index in [1.54, 1.807) is 0 Å². The second-order valence-corrected chi connectivity index (χ2v) is 11.5. The first-order valence-electron chi connectivity index (χ1n) is 14.8. The summed E-state index contributed by atoms with van der Waals surface area (Å²) in [6.45, 7) is 11.2. The van der Waals surface area contributed by atoms with E-state index in [0.29, 0.717) is 63.9 Å². The van der Waals surface area contributed by atoms with Gasteiger partial charge in [0.1, 0.15) is 5.75 Å². The van der Waals surface area contributed by atoms with Crippen LogP contribution in [0.5, 0.6) is 5.75 Å². The standard InChI is InChI=1S/C32H45N5O4/c1-24(2)35-15-8-16-37(30(39)23-41-28-11-5-4-6-12-28)31-25(3)9-7-10-27(31)21-36(20-19-35)29(38)22-34-17-13-26(14-18-34)32(33)40/h4-7,9-12,24,26H,8,13-23H2,1-3H3,(H2,33,40). The van der Waals surface area contributed by atoms with Crippen molar-refractivity contribution in [1.82, 2.24) is 14.7 Å². The maximum atomic E-state index is 13.8. The van der Waals surface area contributed by atoms with Crippen molar-refractivity contribution in [2.24, 2.45) is 11.7 Å². The number of hydrogen-bond donors (Lipinski definition) is 1. The van der Waals surface area contributed by atoms with E-state index in [0.717, 1.165) is 36.3 Å². The molecule has 0 aromatic heterocycles. The second-order valence-electron chi connectivity index (χ2n) is 11.5. The highest BCUT2D eigenvalue weighted by Gasteiger charge is 2.28. The number of piperidine rings is 1. The molecule has 0 saturated carbocycles. The zero-order valence-corrected chi connectivity index (χ0v) is 24.8. The summed E-state index contributed by atoms with van der Waals surface area (Å²) in [5.74, 6) is 0.254. The fourth-order valence-electron chi connectivity index (χ4n) is 5.81. The first kappa shape index (κ1) is 30.5. The molecule has 222 valence electrons. The molecule has 9 heteroatoms. The van der Waals surface area contributed by atoms with Crippen molar-refractivity contribution in [2.45, 2.75) is 52.6 Å². The Morgan fingerprint density at radius 2 is 1.63 bits per heavy atom. The summed E-state index contributed by atoms with van der Waals surface area (Å²) < 4.78 is 5.85. The summed E-state index contributed by atoms with van der Waals surface area (Å²) >= 11 is 0. The third kappa shape index (κ3) is 8.30. The number of rotatable bonds is 7. The lowest BCUT2D eigenvalue weighted by atomic mass is 9.96. The highest BCUT2D eigenvalue weighted by Crippen LogP contribution is 2.28. The minimum Gasteiger partial charge on any atom is -0.484 e. The van der Waals surface area contributed by atoms with Crippen LogP contribution >= 0.6 is 0 Å². The summed E-state index contributed by atoms with van der Waals surface area (Å²) in [6, 6.07) is 15.7. The molecule has 9 nitrogen and oxygen atoms in total. The van der Waals surface area contributed by atoms with E-state index in [4.69, 9.17) is 10.5 Å². The SMILES string of the molecule is Cc1cccc2c1N(C(=O)COc1ccccc1)CCCN(C(C)C)CCN(C(=O)CN1CCC(C(N)=O)CC1)C2. The van der Waals surface area contributed by atoms with E-state index < -0.39 is 0 Å². The number of primary amides is 1. The van der Waals surface area contributed by atoms with Gasteiger partial charge in [-0.3, -0.25) is 24.2 Å². The van der Waals surface area contributed by atoms with E-state index in [-0.39, 0.29) is 30.2 Å². The van der Waals surface area contributed by atoms with E-state index in [9.17, 15) is 14.4 Å². The number of ether oxygens (including phenoxy) is 1. The molecule has 0 atom stereocenters. The number of anilines is 1. The normalized spacial score (nSPS) is 18.0. The monoisotopic (exact) mass is 563 g/mol. The number of hydrogen-bond acceptors (Lipinski definition) is 6. The van der Waals surface area contributed by atoms with Crippen molar-refractivity contribution in [2.75, 3.05) is 57.3 Å². The van der Waals surface area contributed by atoms with Gasteiger partial charge in [-0.1, -0.05) is 36.4 Å². The van der Waals surface area contributed by atoms with Gasteiger partial charge >= 0.3 is 0 Å². The van der Waals surface area contributed by atoms with Gasteiger partial charge in [-0.15, -0.1) is 0 Å². The average molecular weight is 564 g/mol. The molecule has 2 aromatic carbocycles. The Bertz CT molecular complexity index is 1180. The molecule has 0 unspecified atom stereocenters. The zero-order valence-electron chi connectivity index (χ0n) is 24.8. The number of nitrogens with zero attached hydrogens (tertiary/aromatic N) is 4. The Balaban J connectivity index is 1.57. The van der Waals surface area contributed by atoms with Crippen LogP contribution in [-0.4, -0.2) is 90.9 Å². The van der Waals surface area contributed by atoms with Gasteiger partial charge in [0.05, 0.1) is 12.2 Å². The van der Waals surface area contributed by atoms with Crippen LogP contribution in [0.1, 0.15) is 44.2 Å². The molecule has 2 aliphatic heterocycles. The topological polar surface area (TPSA) is 99.4 Å². The van der Waals surface area contributed by atoms with Crippen molar-refractivity contribution in [3.05, 3.63) is 59.7 Å². The minimum atomic E-state index is -0.253. The molecule has 3 amide bonds. The lowest BCUT2D eigenvalue weighted by Gasteiger charge is -2.34. The lowest BCUT2D eigenvalue weighted by molar-refractivity contribution is -0.133.